The molecule has 1 fully saturated rings. The molecule has 2 unspecified atom stereocenters. The van der Waals surface area contributed by atoms with Gasteiger partial charge >= 0.3 is 0 Å². The van der Waals surface area contributed by atoms with Crippen LogP contribution in [0.15, 0.2) is 0 Å². The Labute approximate surface area is 115 Å². The van der Waals surface area contributed by atoms with Crippen molar-refractivity contribution in [1.29, 1.82) is 0 Å². The van der Waals surface area contributed by atoms with Gasteiger partial charge in [0.2, 0.25) is 0 Å². The van der Waals surface area contributed by atoms with Crippen LogP contribution >= 0.6 is 0 Å². The van der Waals surface area contributed by atoms with Crippen molar-refractivity contribution in [3.63, 3.8) is 0 Å². The predicted octanol–water partition coefficient (Wildman–Crippen LogP) is 0.339. The van der Waals surface area contributed by atoms with Gasteiger partial charge in [-0.25, -0.2) is 0 Å². The van der Waals surface area contributed by atoms with Gasteiger partial charge in [-0.05, 0) is 0 Å². The van der Waals surface area contributed by atoms with Crippen molar-refractivity contribution >= 4 is 0 Å². The largest absolute Gasteiger partial charge is 0.384 e. The first-order valence-corrected chi connectivity index (χ1v) is 6.41. The van der Waals surface area contributed by atoms with Crippen molar-refractivity contribution in [1.82, 2.24) is 0 Å². The second-order valence-electron chi connectivity index (χ2n) is 4.64. The molecule has 1 saturated heterocycles. The number of hydrogen-bond donors (Lipinski definition) is 0. The van der Waals surface area contributed by atoms with Crippen LogP contribution in [0.3, 0.4) is 0 Å². The molecular formula is C13H26O6. The van der Waals surface area contributed by atoms with Gasteiger partial charge in [-0.3, -0.25) is 0 Å². The van der Waals surface area contributed by atoms with E-state index in [-0.39, 0.29) is 30.3 Å². The Morgan fingerprint density at radius 2 is 1.21 bits per heavy atom. The van der Waals surface area contributed by atoms with E-state index in [9.17, 15) is 0 Å². The summed E-state index contributed by atoms with van der Waals surface area (Å²) in [5.74, 6) is 0.0630. The average Bonchev–Trinajstić information content (AvgIpc) is 2.41. The van der Waals surface area contributed by atoms with Gasteiger partial charge in [0.1, 0.15) is 12.2 Å². The minimum absolute atomic E-state index is 0.0630. The van der Waals surface area contributed by atoms with Crippen molar-refractivity contribution in [3.05, 3.63) is 0 Å². The molecule has 6 nitrogen and oxygen atoms in total. The highest BCUT2D eigenvalue weighted by Crippen LogP contribution is 2.30. The van der Waals surface area contributed by atoms with Crippen molar-refractivity contribution in [2.45, 2.75) is 24.4 Å². The van der Waals surface area contributed by atoms with Crippen molar-refractivity contribution in [3.8, 4) is 0 Å². The SMILES string of the molecule is COCC1O[C@@H](COC)C(OC)[C@@H](OC)[C@H]1COC. The van der Waals surface area contributed by atoms with Gasteiger partial charge in [-0.15, -0.1) is 0 Å². The normalized spacial score (nSPS) is 35.5. The van der Waals surface area contributed by atoms with Gasteiger partial charge in [0.25, 0.3) is 0 Å². The van der Waals surface area contributed by atoms with Crippen molar-refractivity contribution in [2.75, 3.05) is 55.4 Å². The van der Waals surface area contributed by atoms with E-state index >= 15 is 0 Å². The van der Waals surface area contributed by atoms with Gasteiger partial charge in [0, 0.05) is 41.5 Å². The van der Waals surface area contributed by atoms with Crippen LogP contribution in [0, 0.1) is 5.92 Å². The van der Waals surface area contributed by atoms with Crippen LogP contribution in [0.5, 0.6) is 0 Å². The maximum Gasteiger partial charge on any atom is 0.112 e. The zero-order chi connectivity index (χ0) is 14.3. The van der Waals surface area contributed by atoms with Crippen LogP contribution in [0.2, 0.25) is 0 Å². The lowest BCUT2D eigenvalue weighted by Gasteiger charge is -2.45. The van der Waals surface area contributed by atoms with Crippen LogP contribution < -0.4 is 0 Å². The molecule has 6 heteroatoms. The van der Waals surface area contributed by atoms with Crippen molar-refractivity contribution in [2.24, 2.45) is 5.92 Å². The van der Waals surface area contributed by atoms with E-state index in [1.807, 2.05) is 0 Å². The molecule has 0 aliphatic carbocycles. The van der Waals surface area contributed by atoms with E-state index in [2.05, 4.69) is 0 Å². The Morgan fingerprint density at radius 3 is 1.68 bits per heavy atom. The second-order valence-corrected chi connectivity index (χ2v) is 4.64. The van der Waals surface area contributed by atoms with Crippen LogP contribution in [0.1, 0.15) is 0 Å². The molecule has 0 aromatic heterocycles. The quantitative estimate of drug-likeness (QED) is 0.638. The monoisotopic (exact) mass is 278 g/mol. The Kier molecular flexibility index (Phi) is 7.82. The molecule has 0 N–H and O–H groups in total. The van der Waals surface area contributed by atoms with Crippen LogP contribution in [0.25, 0.3) is 0 Å². The Balaban J connectivity index is 2.87. The molecule has 19 heavy (non-hydrogen) atoms. The van der Waals surface area contributed by atoms with Crippen molar-refractivity contribution < 1.29 is 28.4 Å². The lowest BCUT2D eigenvalue weighted by Crippen LogP contribution is -2.59. The number of hydrogen-bond acceptors (Lipinski definition) is 6. The standard InChI is InChI=1S/C13H26O6/c1-14-6-9-10(7-15-2)19-11(8-16-3)13(18-5)12(9)17-4/h9-13H,6-8H2,1-5H3/t9-,10?,11-,12-,13?/m0/s1. The maximum absolute atomic E-state index is 6.03. The molecule has 0 spiro atoms. The molecule has 114 valence electrons. The molecule has 0 radical (unpaired) electrons. The van der Waals surface area contributed by atoms with Crippen LogP contribution in [-0.4, -0.2) is 79.8 Å². The zero-order valence-corrected chi connectivity index (χ0v) is 12.5. The number of rotatable bonds is 8. The summed E-state index contributed by atoms with van der Waals surface area (Å²) >= 11 is 0. The topological polar surface area (TPSA) is 55.4 Å². The van der Waals surface area contributed by atoms with E-state index < -0.39 is 0 Å². The smallest absolute Gasteiger partial charge is 0.112 e. The minimum Gasteiger partial charge on any atom is -0.384 e. The zero-order valence-electron chi connectivity index (χ0n) is 12.5. The van der Waals surface area contributed by atoms with Gasteiger partial charge in [0.15, 0.2) is 0 Å². The fraction of sp³-hybridized carbons (Fsp3) is 1.00. The average molecular weight is 278 g/mol. The molecule has 1 aliphatic rings. The molecule has 0 bridgehead atoms. The van der Waals surface area contributed by atoms with Crippen LogP contribution in [0.4, 0.5) is 0 Å². The number of ether oxygens (including phenoxy) is 6. The summed E-state index contributed by atoms with van der Waals surface area (Å²) in [6.07, 6.45) is -0.563. The summed E-state index contributed by atoms with van der Waals surface area (Å²) < 4.78 is 32.9. The van der Waals surface area contributed by atoms with E-state index in [0.717, 1.165) is 0 Å². The maximum atomic E-state index is 6.03. The Morgan fingerprint density at radius 1 is 0.684 bits per heavy atom. The fourth-order valence-corrected chi connectivity index (χ4v) is 2.68. The summed E-state index contributed by atoms with van der Waals surface area (Å²) in [5.41, 5.74) is 0. The van der Waals surface area contributed by atoms with E-state index in [0.29, 0.717) is 19.8 Å². The minimum atomic E-state index is -0.182. The highest BCUT2D eigenvalue weighted by atomic mass is 16.6. The Hall–Kier alpha value is -0.240. The molecule has 1 aliphatic heterocycles. The molecule has 5 atom stereocenters. The lowest BCUT2D eigenvalue weighted by molar-refractivity contribution is -0.240. The van der Waals surface area contributed by atoms with E-state index in [4.69, 9.17) is 28.4 Å². The third kappa shape index (κ3) is 4.11. The highest BCUT2D eigenvalue weighted by molar-refractivity contribution is 4.93. The molecule has 0 aromatic carbocycles. The third-order valence-corrected chi connectivity index (χ3v) is 3.50. The summed E-state index contributed by atoms with van der Waals surface area (Å²) in [6.45, 7) is 1.48. The predicted molar refractivity (Wildman–Crippen MR) is 69.4 cm³/mol. The summed E-state index contributed by atoms with van der Waals surface area (Å²) in [6, 6.07) is 0. The molecule has 1 rings (SSSR count). The molecule has 0 aromatic rings. The van der Waals surface area contributed by atoms with Gasteiger partial charge < -0.3 is 28.4 Å². The first kappa shape index (κ1) is 16.8. The van der Waals surface area contributed by atoms with Gasteiger partial charge in [-0.2, -0.15) is 0 Å². The van der Waals surface area contributed by atoms with Gasteiger partial charge in [-0.1, -0.05) is 0 Å². The first-order valence-electron chi connectivity index (χ1n) is 6.41. The molecule has 0 saturated carbocycles. The summed E-state index contributed by atoms with van der Waals surface area (Å²) in [7, 11) is 8.30. The molecule has 1 heterocycles. The fourth-order valence-electron chi connectivity index (χ4n) is 2.68. The second kappa shape index (κ2) is 8.84. The highest BCUT2D eigenvalue weighted by Gasteiger charge is 2.46. The Bertz CT molecular complexity index is 237. The van der Waals surface area contributed by atoms with E-state index in [1.165, 1.54) is 0 Å². The first-order chi connectivity index (χ1) is 9.23. The van der Waals surface area contributed by atoms with E-state index in [1.54, 1.807) is 35.5 Å². The summed E-state index contributed by atoms with van der Waals surface area (Å²) in [5, 5.41) is 0. The van der Waals surface area contributed by atoms with Gasteiger partial charge in [0.05, 0.1) is 32.0 Å². The molecular weight excluding hydrogens is 252 g/mol. The number of methoxy groups -OCH3 is 5. The molecule has 0 amide bonds. The lowest BCUT2D eigenvalue weighted by atomic mass is 9.87. The summed E-state index contributed by atoms with van der Waals surface area (Å²) in [4.78, 5) is 0. The third-order valence-electron chi connectivity index (χ3n) is 3.50. The van der Waals surface area contributed by atoms with Crippen LogP contribution in [-0.2, 0) is 28.4 Å².